The van der Waals surface area contributed by atoms with E-state index < -0.39 is 0 Å². The van der Waals surface area contributed by atoms with Gasteiger partial charge in [-0.15, -0.1) is 11.8 Å². The van der Waals surface area contributed by atoms with Crippen molar-refractivity contribution in [3.8, 4) is 11.8 Å². The molecule has 0 aromatic heterocycles. The van der Waals surface area contributed by atoms with E-state index in [2.05, 4.69) is 17.2 Å². The highest BCUT2D eigenvalue weighted by Gasteiger charge is 2.38. The average Bonchev–Trinajstić information content (AvgIpc) is 2.21. The monoisotopic (exact) mass is 209 g/mol. The molecule has 1 saturated carbocycles. The molecule has 0 heterocycles. The van der Waals surface area contributed by atoms with Crippen molar-refractivity contribution in [1.82, 2.24) is 5.32 Å². The van der Waals surface area contributed by atoms with Crippen LogP contribution in [0.2, 0.25) is 0 Å². The van der Waals surface area contributed by atoms with Crippen molar-refractivity contribution in [3.05, 3.63) is 0 Å². The summed E-state index contributed by atoms with van der Waals surface area (Å²) >= 11 is 0. The molecular formula is C13H23NO. The number of nitrogens with one attached hydrogen (secondary N) is 1. The maximum Gasteiger partial charge on any atom is 0.0693 e. The third-order valence-corrected chi connectivity index (χ3v) is 3.52. The summed E-state index contributed by atoms with van der Waals surface area (Å²) in [6, 6.07) is 0.547. The van der Waals surface area contributed by atoms with Gasteiger partial charge in [-0.05, 0) is 46.1 Å². The highest BCUT2D eigenvalue weighted by Crippen LogP contribution is 2.39. The molecule has 0 bridgehead atoms. The summed E-state index contributed by atoms with van der Waals surface area (Å²) in [6.45, 7) is 1.90. The molecule has 1 aliphatic rings. The molecule has 86 valence electrons. The van der Waals surface area contributed by atoms with Gasteiger partial charge in [-0.1, -0.05) is 0 Å². The predicted molar refractivity (Wildman–Crippen MR) is 63.7 cm³/mol. The Hall–Kier alpha value is -0.520. The fourth-order valence-electron chi connectivity index (χ4n) is 2.23. The first-order valence-corrected chi connectivity index (χ1v) is 5.88. The first kappa shape index (κ1) is 12.5. The van der Waals surface area contributed by atoms with E-state index in [1.807, 2.05) is 21.1 Å². The molecule has 1 atom stereocenters. The smallest absolute Gasteiger partial charge is 0.0693 e. The van der Waals surface area contributed by atoms with E-state index >= 15 is 0 Å². The number of methoxy groups -OCH3 is 1. The minimum Gasteiger partial charge on any atom is -0.378 e. The van der Waals surface area contributed by atoms with E-state index in [0.717, 1.165) is 19.3 Å². The van der Waals surface area contributed by atoms with Gasteiger partial charge in [0.1, 0.15) is 0 Å². The van der Waals surface area contributed by atoms with Gasteiger partial charge in [-0.25, -0.2) is 0 Å². The summed E-state index contributed by atoms with van der Waals surface area (Å²) in [7, 11) is 3.88. The van der Waals surface area contributed by atoms with Crippen LogP contribution in [-0.4, -0.2) is 25.8 Å². The molecule has 0 saturated heterocycles. The molecule has 0 aliphatic heterocycles. The predicted octanol–water partition coefficient (Wildman–Crippen LogP) is 2.34. The minimum atomic E-state index is 0.174. The third-order valence-electron chi connectivity index (χ3n) is 3.52. The molecular weight excluding hydrogens is 186 g/mol. The highest BCUT2D eigenvalue weighted by molar-refractivity contribution is 4.97. The van der Waals surface area contributed by atoms with Gasteiger partial charge in [0.15, 0.2) is 0 Å². The van der Waals surface area contributed by atoms with Crippen molar-refractivity contribution in [1.29, 1.82) is 0 Å². The van der Waals surface area contributed by atoms with Crippen molar-refractivity contribution < 1.29 is 4.74 Å². The van der Waals surface area contributed by atoms with Crippen LogP contribution in [-0.2, 0) is 4.74 Å². The normalized spacial score (nSPS) is 19.9. The second-order valence-corrected chi connectivity index (χ2v) is 4.40. The zero-order chi connectivity index (χ0) is 11.1. The number of hydrogen-bond donors (Lipinski definition) is 1. The van der Waals surface area contributed by atoms with Crippen LogP contribution in [0.3, 0.4) is 0 Å². The number of ether oxygens (including phenoxy) is 1. The zero-order valence-electron chi connectivity index (χ0n) is 10.2. The van der Waals surface area contributed by atoms with Crippen LogP contribution in [0.5, 0.6) is 0 Å². The van der Waals surface area contributed by atoms with Gasteiger partial charge in [-0.2, -0.15) is 0 Å². The SMILES string of the molecule is CC#CCCC(CC1(OC)CCC1)NC. The van der Waals surface area contributed by atoms with Gasteiger partial charge in [-0.3, -0.25) is 0 Å². The lowest BCUT2D eigenvalue weighted by Crippen LogP contribution is -2.45. The second kappa shape index (κ2) is 6.15. The maximum atomic E-state index is 5.64. The van der Waals surface area contributed by atoms with Gasteiger partial charge in [0.2, 0.25) is 0 Å². The molecule has 1 N–H and O–H groups in total. The Morgan fingerprint density at radius 3 is 2.60 bits per heavy atom. The van der Waals surface area contributed by atoms with E-state index in [1.54, 1.807) is 0 Å². The average molecular weight is 209 g/mol. The molecule has 2 nitrogen and oxygen atoms in total. The Kier molecular flexibility index (Phi) is 5.14. The highest BCUT2D eigenvalue weighted by atomic mass is 16.5. The second-order valence-electron chi connectivity index (χ2n) is 4.40. The summed E-state index contributed by atoms with van der Waals surface area (Å²) in [4.78, 5) is 0. The van der Waals surface area contributed by atoms with Crippen molar-refractivity contribution >= 4 is 0 Å². The molecule has 1 rings (SSSR count). The largest absolute Gasteiger partial charge is 0.378 e. The van der Waals surface area contributed by atoms with Crippen LogP contribution in [0.25, 0.3) is 0 Å². The van der Waals surface area contributed by atoms with Crippen LogP contribution in [0.4, 0.5) is 0 Å². The first-order chi connectivity index (χ1) is 7.26. The molecule has 0 amide bonds. The summed E-state index contributed by atoms with van der Waals surface area (Å²) in [5.74, 6) is 6.06. The molecule has 1 unspecified atom stereocenters. The number of rotatable bonds is 6. The standard InChI is InChI=1S/C13H23NO/c1-4-5-6-8-12(14-2)11-13(15-3)9-7-10-13/h12,14H,6-11H2,1-3H3. The van der Waals surface area contributed by atoms with Crippen molar-refractivity contribution in [3.63, 3.8) is 0 Å². The Balaban J connectivity index is 2.33. The van der Waals surface area contributed by atoms with E-state index in [0.29, 0.717) is 6.04 Å². The van der Waals surface area contributed by atoms with E-state index in [-0.39, 0.29) is 5.60 Å². The van der Waals surface area contributed by atoms with E-state index in [9.17, 15) is 0 Å². The Labute approximate surface area is 93.8 Å². The topological polar surface area (TPSA) is 21.3 Å². The molecule has 0 radical (unpaired) electrons. The number of hydrogen-bond acceptors (Lipinski definition) is 2. The van der Waals surface area contributed by atoms with Gasteiger partial charge in [0, 0.05) is 19.6 Å². The van der Waals surface area contributed by atoms with Gasteiger partial charge in [0.25, 0.3) is 0 Å². The Morgan fingerprint density at radius 1 is 1.47 bits per heavy atom. The zero-order valence-corrected chi connectivity index (χ0v) is 10.2. The lowest BCUT2D eigenvalue weighted by Gasteiger charge is -2.42. The molecule has 2 heteroatoms. The van der Waals surface area contributed by atoms with Gasteiger partial charge in [0.05, 0.1) is 5.60 Å². The molecule has 1 fully saturated rings. The van der Waals surface area contributed by atoms with Crippen LogP contribution < -0.4 is 5.32 Å². The lowest BCUT2D eigenvalue weighted by molar-refractivity contribution is -0.0834. The summed E-state index contributed by atoms with van der Waals surface area (Å²) in [5.41, 5.74) is 0.174. The minimum absolute atomic E-state index is 0.174. The van der Waals surface area contributed by atoms with Gasteiger partial charge < -0.3 is 10.1 Å². The van der Waals surface area contributed by atoms with Crippen LogP contribution in [0.15, 0.2) is 0 Å². The van der Waals surface area contributed by atoms with Crippen molar-refractivity contribution in [2.75, 3.05) is 14.2 Å². The quantitative estimate of drug-likeness (QED) is 0.678. The van der Waals surface area contributed by atoms with Crippen LogP contribution in [0, 0.1) is 11.8 Å². The molecule has 1 aliphatic carbocycles. The fourth-order valence-corrected chi connectivity index (χ4v) is 2.23. The van der Waals surface area contributed by atoms with Crippen molar-refractivity contribution in [2.45, 2.75) is 57.1 Å². The van der Waals surface area contributed by atoms with Crippen LogP contribution in [0.1, 0.15) is 45.4 Å². The van der Waals surface area contributed by atoms with Gasteiger partial charge >= 0.3 is 0 Å². The third kappa shape index (κ3) is 3.52. The van der Waals surface area contributed by atoms with E-state index in [4.69, 9.17) is 4.74 Å². The Bertz CT molecular complexity index is 229. The summed E-state index contributed by atoms with van der Waals surface area (Å²) in [6.07, 6.45) is 7.01. The maximum absolute atomic E-state index is 5.64. The molecule has 15 heavy (non-hydrogen) atoms. The summed E-state index contributed by atoms with van der Waals surface area (Å²) in [5, 5.41) is 3.37. The fraction of sp³-hybridized carbons (Fsp3) is 0.846. The lowest BCUT2D eigenvalue weighted by atomic mass is 9.75. The summed E-state index contributed by atoms with van der Waals surface area (Å²) < 4.78 is 5.64. The molecule has 0 aromatic rings. The van der Waals surface area contributed by atoms with Crippen LogP contribution >= 0.6 is 0 Å². The molecule has 0 spiro atoms. The van der Waals surface area contributed by atoms with E-state index in [1.165, 1.54) is 19.3 Å². The Morgan fingerprint density at radius 2 is 2.20 bits per heavy atom. The first-order valence-electron chi connectivity index (χ1n) is 5.88. The molecule has 0 aromatic carbocycles. The van der Waals surface area contributed by atoms with Crippen molar-refractivity contribution in [2.24, 2.45) is 0 Å².